The number of likely N-dealkylation sites (tertiary alicyclic amines) is 1. The monoisotopic (exact) mass is 350 g/mol. The number of thiazole rings is 1. The van der Waals surface area contributed by atoms with Gasteiger partial charge in [-0.2, -0.15) is 0 Å². The van der Waals surface area contributed by atoms with Crippen LogP contribution in [0.5, 0.6) is 0 Å². The molecule has 3 heterocycles. The van der Waals surface area contributed by atoms with Gasteiger partial charge in [0, 0.05) is 30.8 Å². The summed E-state index contributed by atoms with van der Waals surface area (Å²) >= 11 is 7.60. The van der Waals surface area contributed by atoms with E-state index in [1.165, 1.54) is 0 Å². The zero-order valence-electron chi connectivity index (χ0n) is 12.8. The minimum atomic E-state index is 0.0775. The van der Waals surface area contributed by atoms with Crippen LogP contribution in [0.2, 0.25) is 5.02 Å². The van der Waals surface area contributed by atoms with Crippen LogP contribution in [-0.4, -0.2) is 47.5 Å². The van der Waals surface area contributed by atoms with Crippen LogP contribution in [0, 0.1) is 0 Å². The van der Waals surface area contributed by atoms with Crippen LogP contribution in [0.15, 0.2) is 18.2 Å². The van der Waals surface area contributed by atoms with Crippen LogP contribution in [0.25, 0.3) is 10.2 Å². The Hall–Kier alpha value is -1.01. The summed E-state index contributed by atoms with van der Waals surface area (Å²) in [6.45, 7) is 2.68. The first kappa shape index (κ1) is 15.5. The average molecular weight is 351 g/mol. The van der Waals surface area contributed by atoms with Crippen LogP contribution in [0.1, 0.15) is 24.3 Å². The van der Waals surface area contributed by atoms with Crippen LogP contribution in [0.4, 0.5) is 0 Å². The Morgan fingerprint density at radius 3 is 2.91 bits per heavy atom. The number of fused-ring (bicyclic) bond motifs is 1. The fourth-order valence-electron chi connectivity index (χ4n) is 3.50. The number of carbonyl (C=O) groups is 1. The Labute approximate surface area is 144 Å². The summed E-state index contributed by atoms with van der Waals surface area (Å²) in [6, 6.07) is 6.29. The van der Waals surface area contributed by atoms with Gasteiger partial charge in [-0.05, 0) is 37.5 Å². The van der Waals surface area contributed by atoms with E-state index in [1.54, 1.807) is 11.3 Å². The molecule has 2 aliphatic heterocycles. The molecule has 2 saturated heterocycles. The maximum Gasteiger partial charge on any atom is 0.156 e. The summed E-state index contributed by atoms with van der Waals surface area (Å²) in [5, 5.41) is 1.58. The maximum atomic E-state index is 12.7. The Bertz CT molecular complexity index is 726. The van der Waals surface area contributed by atoms with E-state index >= 15 is 0 Å². The van der Waals surface area contributed by atoms with Crippen LogP contribution >= 0.6 is 22.9 Å². The Morgan fingerprint density at radius 1 is 1.35 bits per heavy atom. The molecule has 2 fully saturated rings. The number of Topliss-reactive ketones (excluding diaryl/α,β-unsaturated/α-hetero) is 1. The molecule has 23 heavy (non-hydrogen) atoms. The number of ketones is 1. The molecule has 0 saturated carbocycles. The molecule has 0 spiro atoms. The van der Waals surface area contributed by atoms with Crippen LogP contribution in [0.3, 0.4) is 0 Å². The van der Waals surface area contributed by atoms with Crippen molar-refractivity contribution in [3.05, 3.63) is 28.2 Å². The van der Waals surface area contributed by atoms with Gasteiger partial charge in [0.05, 0.1) is 22.7 Å². The second kappa shape index (κ2) is 6.48. The lowest BCUT2D eigenvalue weighted by Gasteiger charge is -2.46. The summed E-state index contributed by atoms with van der Waals surface area (Å²) in [7, 11) is 0. The number of hydrogen-bond acceptors (Lipinski definition) is 5. The zero-order chi connectivity index (χ0) is 15.8. The molecule has 4 rings (SSSR count). The molecule has 0 bridgehead atoms. The lowest BCUT2D eigenvalue weighted by molar-refractivity contribution is -0.131. The third-order valence-corrected chi connectivity index (χ3v) is 6.08. The molecule has 0 unspecified atom stereocenters. The fourth-order valence-corrected chi connectivity index (χ4v) is 4.62. The highest BCUT2D eigenvalue weighted by atomic mass is 35.5. The van der Waals surface area contributed by atoms with Gasteiger partial charge in [0.25, 0.3) is 0 Å². The van der Waals surface area contributed by atoms with E-state index in [0.29, 0.717) is 23.3 Å². The molecule has 1 atom stereocenters. The average Bonchev–Trinajstić information content (AvgIpc) is 2.88. The normalized spacial score (nSPS) is 23.1. The van der Waals surface area contributed by atoms with E-state index < -0.39 is 0 Å². The van der Waals surface area contributed by atoms with E-state index in [-0.39, 0.29) is 6.04 Å². The van der Waals surface area contributed by atoms with Crippen molar-refractivity contribution in [2.45, 2.75) is 37.8 Å². The van der Waals surface area contributed by atoms with Gasteiger partial charge in [-0.1, -0.05) is 11.6 Å². The van der Waals surface area contributed by atoms with Crippen molar-refractivity contribution < 1.29 is 9.53 Å². The fraction of sp³-hybridized carbons (Fsp3) is 0.529. The largest absolute Gasteiger partial charge is 0.381 e. The zero-order valence-corrected chi connectivity index (χ0v) is 14.4. The number of carbonyl (C=O) groups excluding carboxylic acids is 1. The molecule has 0 radical (unpaired) electrons. The highest BCUT2D eigenvalue weighted by molar-refractivity contribution is 7.18. The Morgan fingerprint density at radius 2 is 2.17 bits per heavy atom. The van der Waals surface area contributed by atoms with Crippen LogP contribution < -0.4 is 0 Å². The highest BCUT2D eigenvalue weighted by Crippen LogP contribution is 2.29. The molecule has 6 heteroatoms. The quantitative estimate of drug-likeness (QED) is 0.848. The minimum absolute atomic E-state index is 0.0775. The van der Waals surface area contributed by atoms with Gasteiger partial charge in [0.1, 0.15) is 5.01 Å². The number of rotatable bonds is 4. The van der Waals surface area contributed by atoms with E-state index in [2.05, 4.69) is 9.88 Å². The molecule has 0 aliphatic carbocycles. The van der Waals surface area contributed by atoms with Gasteiger partial charge >= 0.3 is 0 Å². The van der Waals surface area contributed by atoms with Gasteiger partial charge < -0.3 is 4.74 Å². The predicted octanol–water partition coefficient (Wildman–Crippen LogP) is 3.31. The van der Waals surface area contributed by atoms with Gasteiger partial charge in [-0.15, -0.1) is 11.3 Å². The first-order chi connectivity index (χ1) is 11.2. The molecule has 0 amide bonds. The third-order valence-electron chi connectivity index (χ3n) is 4.81. The van der Waals surface area contributed by atoms with Gasteiger partial charge in [-0.25, -0.2) is 4.98 Å². The number of ether oxygens (including phenoxy) is 1. The molecule has 1 aromatic heterocycles. The maximum absolute atomic E-state index is 12.7. The summed E-state index contributed by atoms with van der Waals surface area (Å²) in [6.07, 6.45) is 3.50. The lowest BCUT2D eigenvalue weighted by atomic mass is 9.91. The molecular weight excluding hydrogens is 332 g/mol. The number of hydrogen-bond donors (Lipinski definition) is 0. The van der Waals surface area contributed by atoms with Crippen molar-refractivity contribution in [1.29, 1.82) is 0 Å². The topological polar surface area (TPSA) is 42.4 Å². The molecular formula is C17H19ClN2O2S. The third kappa shape index (κ3) is 3.15. The molecule has 4 nitrogen and oxygen atoms in total. The SMILES string of the molecule is O=C(Cc1nc2cc(Cl)ccc2s1)[C@@H]1CCN1C1CCOCC1. The van der Waals surface area contributed by atoms with Gasteiger partial charge in [-0.3, -0.25) is 9.69 Å². The first-order valence-electron chi connectivity index (χ1n) is 8.12. The lowest BCUT2D eigenvalue weighted by Crippen LogP contribution is -2.58. The smallest absolute Gasteiger partial charge is 0.156 e. The number of nitrogens with zero attached hydrogens (tertiary/aromatic N) is 2. The van der Waals surface area contributed by atoms with E-state index in [0.717, 1.165) is 54.2 Å². The van der Waals surface area contributed by atoms with E-state index in [9.17, 15) is 4.79 Å². The number of halogens is 1. The van der Waals surface area contributed by atoms with Gasteiger partial charge in [0.15, 0.2) is 5.78 Å². The standard InChI is InChI=1S/C17H19ClN2O2S/c18-11-1-2-16-13(9-11)19-17(23-16)10-15(21)14-3-6-20(14)12-4-7-22-8-5-12/h1-2,9,12,14H,3-8,10H2/t14-/m0/s1. The van der Waals surface area contributed by atoms with Crippen molar-refractivity contribution >= 4 is 38.9 Å². The highest BCUT2D eigenvalue weighted by Gasteiger charge is 2.38. The van der Waals surface area contributed by atoms with Gasteiger partial charge in [0.2, 0.25) is 0 Å². The molecule has 122 valence electrons. The van der Waals surface area contributed by atoms with Crippen molar-refractivity contribution in [2.24, 2.45) is 0 Å². The van der Waals surface area contributed by atoms with Crippen LogP contribution in [-0.2, 0) is 16.0 Å². The predicted molar refractivity (Wildman–Crippen MR) is 92.3 cm³/mol. The second-order valence-corrected chi connectivity index (χ2v) is 7.80. The van der Waals surface area contributed by atoms with Crippen molar-refractivity contribution in [1.82, 2.24) is 9.88 Å². The Kier molecular flexibility index (Phi) is 4.37. The minimum Gasteiger partial charge on any atom is -0.381 e. The van der Waals surface area contributed by atoms with E-state index in [4.69, 9.17) is 16.3 Å². The molecule has 1 aromatic carbocycles. The second-order valence-electron chi connectivity index (χ2n) is 6.25. The summed E-state index contributed by atoms with van der Waals surface area (Å²) in [5.41, 5.74) is 0.889. The molecule has 2 aromatic rings. The number of aromatic nitrogens is 1. The summed E-state index contributed by atoms with van der Waals surface area (Å²) in [5.74, 6) is 0.299. The summed E-state index contributed by atoms with van der Waals surface area (Å²) in [4.78, 5) is 19.6. The summed E-state index contributed by atoms with van der Waals surface area (Å²) < 4.78 is 6.51. The van der Waals surface area contributed by atoms with Crippen molar-refractivity contribution in [2.75, 3.05) is 19.8 Å². The Balaban J connectivity index is 1.44. The number of benzene rings is 1. The van der Waals surface area contributed by atoms with E-state index in [1.807, 2.05) is 18.2 Å². The van der Waals surface area contributed by atoms with Crippen molar-refractivity contribution in [3.63, 3.8) is 0 Å². The first-order valence-corrected chi connectivity index (χ1v) is 9.31. The van der Waals surface area contributed by atoms with Crippen molar-refractivity contribution in [3.8, 4) is 0 Å². The molecule has 0 N–H and O–H groups in total. The molecule has 2 aliphatic rings.